The SMILES string of the molecule is CC\C=C/C=C\C=C/CCCCCCCCCC(=O)OCC(COC(=O)CCCCCCC/C=C\CCCCCCCCCCC)OC(=O)CCCCC/C=C\C/C=C\C/C=C\C/C=C\CC. The molecule has 0 radical (unpaired) electrons. The summed E-state index contributed by atoms with van der Waals surface area (Å²) in [5.41, 5.74) is 0. The van der Waals surface area contributed by atoms with Crippen molar-refractivity contribution < 1.29 is 28.6 Å². The van der Waals surface area contributed by atoms with Crippen LogP contribution in [0.15, 0.2) is 97.2 Å². The Morgan fingerprint density at radius 2 is 0.657 bits per heavy atom. The van der Waals surface area contributed by atoms with Gasteiger partial charge in [0.1, 0.15) is 13.2 Å². The van der Waals surface area contributed by atoms with Crippen LogP contribution in [0, 0.1) is 0 Å². The molecule has 0 aliphatic rings. The van der Waals surface area contributed by atoms with E-state index in [-0.39, 0.29) is 37.5 Å². The average Bonchev–Trinajstić information content (AvgIpc) is 3.33. The van der Waals surface area contributed by atoms with Crippen LogP contribution in [-0.4, -0.2) is 37.2 Å². The van der Waals surface area contributed by atoms with Gasteiger partial charge in [0, 0.05) is 19.3 Å². The Morgan fingerprint density at radius 3 is 1.10 bits per heavy atom. The molecule has 0 heterocycles. The maximum atomic E-state index is 12.8. The second kappa shape index (κ2) is 54.9. The predicted molar refractivity (Wildman–Crippen MR) is 288 cm³/mol. The van der Waals surface area contributed by atoms with Crippen LogP contribution in [0.2, 0.25) is 0 Å². The molecule has 0 saturated carbocycles. The Balaban J connectivity index is 4.46. The molecule has 0 fully saturated rings. The number of hydrogen-bond donors (Lipinski definition) is 0. The van der Waals surface area contributed by atoms with Crippen LogP contribution in [0.4, 0.5) is 0 Å². The largest absolute Gasteiger partial charge is 0.462 e. The maximum Gasteiger partial charge on any atom is 0.306 e. The van der Waals surface area contributed by atoms with Crippen molar-refractivity contribution in [3.05, 3.63) is 97.2 Å². The van der Waals surface area contributed by atoms with E-state index in [1.807, 2.05) is 0 Å². The number of ether oxygens (including phenoxy) is 3. The van der Waals surface area contributed by atoms with Crippen LogP contribution in [0.5, 0.6) is 0 Å². The lowest BCUT2D eigenvalue weighted by Crippen LogP contribution is -2.30. The van der Waals surface area contributed by atoms with Gasteiger partial charge in [-0.15, -0.1) is 0 Å². The van der Waals surface area contributed by atoms with Crippen LogP contribution < -0.4 is 0 Å². The molecule has 0 saturated heterocycles. The summed E-state index contributed by atoms with van der Waals surface area (Å²) in [5.74, 6) is -0.950. The van der Waals surface area contributed by atoms with Crippen LogP contribution >= 0.6 is 0 Å². The Labute approximate surface area is 413 Å². The highest BCUT2D eigenvalue weighted by atomic mass is 16.6. The molecule has 0 spiro atoms. The van der Waals surface area contributed by atoms with Crippen LogP contribution in [0.25, 0.3) is 0 Å². The first-order chi connectivity index (χ1) is 33.0. The van der Waals surface area contributed by atoms with Crippen molar-refractivity contribution in [3.8, 4) is 0 Å². The van der Waals surface area contributed by atoms with Gasteiger partial charge in [-0.05, 0) is 103 Å². The molecule has 6 heteroatoms. The fourth-order valence-corrected chi connectivity index (χ4v) is 7.49. The molecule has 0 amide bonds. The molecule has 0 aromatic rings. The van der Waals surface area contributed by atoms with Crippen molar-refractivity contribution in [3.63, 3.8) is 0 Å². The number of rotatable bonds is 49. The third-order valence-electron chi connectivity index (χ3n) is 11.6. The highest BCUT2D eigenvalue weighted by Gasteiger charge is 2.19. The smallest absolute Gasteiger partial charge is 0.306 e. The molecule has 67 heavy (non-hydrogen) atoms. The number of unbranched alkanes of at least 4 members (excludes halogenated alkanes) is 24. The van der Waals surface area contributed by atoms with Crippen molar-refractivity contribution >= 4 is 17.9 Å². The average molecular weight is 931 g/mol. The molecule has 0 rings (SSSR count). The molecule has 1 atom stereocenters. The monoisotopic (exact) mass is 931 g/mol. The first-order valence-corrected chi connectivity index (χ1v) is 27.8. The fourth-order valence-electron chi connectivity index (χ4n) is 7.49. The second-order valence-corrected chi connectivity index (χ2v) is 18.1. The highest BCUT2D eigenvalue weighted by molar-refractivity contribution is 5.71. The second-order valence-electron chi connectivity index (χ2n) is 18.1. The molecule has 0 aliphatic carbocycles. The highest BCUT2D eigenvalue weighted by Crippen LogP contribution is 2.14. The summed E-state index contributed by atoms with van der Waals surface area (Å²) in [6.07, 6.45) is 72.5. The quantitative estimate of drug-likeness (QED) is 0.0199. The van der Waals surface area contributed by atoms with E-state index in [9.17, 15) is 14.4 Å². The molecule has 0 aliphatic heterocycles. The van der Waals surface area contributed by atoms with Gasteiger partial charge in [-0.2, -0.15) is 0 Å². The molecular weight excluding hydrogens is 829 g/mol. The normalized spacial score (nSPS) is 12.8. The van der Waals surface area contributed by atoms with Gasteiger partial charge in [-0.25, -0.2) is 0 Å². The van der Waals surface area contributed by atoms with Crippen LogP contribution in [0.1, 0.15) is 252 Å². The molecule has 0 N–H and O–H groups in total. The Kier molecular flexibility index (Phi) is 51.9. The lowest BCUT2D eigenvalue weighted by molar-refractivity contribution is -0.167. The van der Waals surface area contributed by atoms with Crippen molar-refractivity contribution in [2.75, 3.05) is 13.2 Å². The zero-order valence-corrected chi connectivity index (χ0v) is 43.6. The van der Waals surface area contributed by atoms with Crippen molar-refractivity contribution in [1.82, 2.24) is 0 Å². The zero-order chi connectivity index (χ0) is 48.6. The summed E-state index contributed by atoms with van der Waals surface area (Å²) in [4.78, 5) is 38.1. The molecule has 6 nitrogen and oxygen atoms in total. The van der Waals surface area contributed by atoms with E-state index < -0.39 is 6.10 Å². The molecule has 0 aromatic carbocycles. The minimum Gasteiger partial charge on any atom is -0.462 e. The van der Waals surface area contributed by atoms with E-state index in [0.717, 1.165) is 109 Å². The van der Waals surface area contributed by atoms with E-state index >= 15 is 0 Å². The van der Waals surface area contributed by atoms with Crippen LogP contribution in [-0.2, 0) is 28.6 Å². The van der Waals surface area contributed by atoms with Gasteiger partial charge in [0.15, 0.2) is 6.10 Å². The van der Waals surface area contributed by atoms with Crippen molar-refractivity contribution in [1.29, 1.82) is 0 Å². The lowest BCUT2D eigenvalue weighted by atomic mass is 10.1. The third-order valence-corrected chi connectivity index (χ3v) is 11.6. The van der Waals surface area contributed by atoms with Gasteiger partial charge < -0.3 is 14.2 Å². The Bertz CT molecular complexity index is 1350. The minimum atomic E-state index is -0.804. The topological polar surface area (TPSA) is 78.9 Å². The van der Waals surface area contributed by atoms with Gasteiger partial charge in [-0.3, -0.25) is 14.4 Å². The number of carbonyl (C=O) groups excluding carboxylic acids is 3. The van der Waals surface area contributed by atoms with E-state index in [4.69, 9.17) is 14.2 Å². The Morgan fingerprint density at radius 1 is 0.328 bits per heavy atom. The van der Waals surface area contributed by atoms with Crippen molar-refractivity contribution in [2.24, 2.45) is 0 Å². The number of hydrogen-bond acceptors (Lipinski definition) is 6. The summed E-state index contributed by atoms with van der Waals surface area (Å²) in [7, 11) is 0. The van der Waals surface area contributed by atoms with Gasteiger partial charge in [0.05, 0.1) is 0 Å². The van der Waals surface area contributed by atoms with E-state index in [1.165, 1.54) is 103 Å². The van der Waals surface area contributed by atoms with Gasteiger partial charge in [-0.1, -0.05) is 227 Å². The zero-order valence-electron chi connectivity index (χ0n) is 43.6. The third kappa shape index (κ3) is 53.2. The number of esters is 3. The Hall–Kier alpha value is -3.67. The van der Waals surface area contributed by atoms with E-state index in [0.29, 0.717) is 12.8 Å². The summed E-state index contributed by atoms with van der Waals surface area (Å²) >= 11 is 0. The first-order valence-electron chi connectivity index (χ1n) is 27.8. The summed E-state index contributed by atoms with van der Waals surface area (Å²) < 4.78 is 16.8. The molecule has 382 valence electrons. The van der Waals surface area contributed by atoms with E-state index in [1.54, 1.807) is 0 Å². The summed E-state index contributed by atoms with van der Waals surface area (Å²) in [6.45, 7) is 6.36. The molecule has 0 aromatic heterocycles. The minimum absolute atomic E-state index is 0.0993. The first kappa shape index (κ1) is 63.3. The number of allylic oxidation sites excluding steroid dienone is 16. The molecular formula is C61H102O6. The maximum absolute atomic E-state index is 12.8. The van der Waals surface area contributed by atoms with E-state index in [2.05, 4.69) is 118 Å². The summed E-state index contributed by atoms with van der Waals surface area (Å²) in [5, 5.41) is 0. The van der Waals surface area contributed by atoms with Gasteiger partial charge >= 0.3 is 17.9 Å². The van der Waals surface area contributed by atoms with Gasteiger partial charge in [0.2, 0.25) is 0 Å². The lowest BCUT2D eigenvalue weighted by Gasteiger charge is -2.18. The molecule has 1 unspecified atom stereocenters. The number of carbonyl (C=O) groups is 3. The standard InChI is InChI=1S/C61H102O6/c1-4-7-10-13-16-19-22-25-28-30-31-34-36-39-42-45-48-51-54-60(63)66-57-58(56-65-59(62)53-50-47-44-41-38-35-32-27-24-21-18-15-12-9-6-3)67-61(64)55-52-49-46-43-40-37-33-29-26-23-20-17-14-11-8-5-2/h8-9,11-12,15,17-18,20-21,24,26,29,31,34,37,40,58H,4-7,10,13-14,16,19,22-23,25,27-28,30,32-33,35-36,38-39,41-57H2,1-3H3/b11-8-,12-9-,18-15-,20-17-,24-21-,29-26-,34-31-,40-37-. The molecule has 0 bridgehead atoms. The van der Waals surface area contributed by atoms with Crippen LogP contribution in [0.3, 0.4) is 0 Å². The van der Waals surface area contributed by atoms with Gasteiger partial charge in [0.25, 0.3) is 0 Å². The van der Waals surface area contributed by atoms with Crippen molar-refractivity contribution in [2.45, 2.75) is 258 Å². The fraction of sp³-hybridized carbons (Fsp3) is 0.689. The predicted octanol–water partition coefficient (Wildman–Crippen LogP) is 18.5. The summed E-state index contributed by atoms with van der Waals surface area (Å²) in [6, 6.07) is 0.